The topological polar surface area (TPSA) is 113 Å². The van der Waals surface area contributed by atoms with Crippen LogP contribution in [0, 0.1) is 0 Å². The summed E-state index contributed by atoms with van der Waals surface area (Å²) in [7, 11) is 0. The zero-order chi connectivity index (χ0) is 20.7. The van der Waals surface area contributed by atoms with Crippen LogP contribution >= 0.6 is 0 Å². The van der Waals surface area contributed by atoms with Crippen molar-refractivity contribution in [3.8, 4) is 0 Å². The van der Waals surface area contributed by atoms with Crippen molar-refractivity contribution in [1.82, 2.24) is 10.2 Å². The zero-order valence-electron chi connectivity index (χ0n) is 16.1. The quantitative estimate of drug-likeness (QED) is 0.482. The first kappa shape index (κ1) is 21.6. The van der Waals surface area contributed by atoms with Gasteiger partial charge in [-0.25, -0.2) is 4.79 Å². The number of ketones is 1. The van der Waals surface area contributed by atoms with E-state index in [9.17, 15) is 24.3 Å². The fourth-order valence-corrected chi connectivity index (χ4v) is 3.29. The first-order valence-electron chi connectivity index (χ1n) is 9.39. The smallest absolute Gasteiger partial charge is 0.326 e. The molecule has 1 unspecified atom stereocenters. The summed E-state index contributed by atoms with van der Waals surface area (Å²) in [6, 6.07) is 5.85. The molecule has 0 saturated carbocycles. The minimum absolute atomic E-state index is 0.145. The molecular weight excluding hydrogens is 364 g/mol. The number of benzene rings is 1. The van der Waals surface area contributed by atoms with Crippen LogP contribution in [0.5, 0.6) is 0 Å². The van der Waals surface area contributed by atoms with E-state index in [1.165, 1.54) is 4.90 Å². The summed E-state index contributed by atoms with van der Waals surface area (Å²) in [4.78, 5) is 50.1. The number of carbonyl (C=O) groups is 4. The summed E-state index contributed by atoms with van der Waals surface area (Å²) in [6.07, 6.45) is 0.855. The Morgan fingerprint density at radius 1 is 1.25 bits per heavy atom. The fourth-order valence-electron chi connectivity index (χ4n) is 3.29. The molecular formula is C20H26N2O6. The van der Waals surface area contributed by atoms with E-state index in [1.807, 2.05) is 0 Å². The predicted molar refractivity (Wildman–Crippen MR) is 101 cm³/mol. The Kier molecular flexibility index (Phi) is 7.69. The van der Waals surface area contributed by atoms with E-state index in [0.29, 0.717) is 24.9 Å². The van der Waals surface area contributed by atoms with Gasteiger partial charge in [-0.3, -0.25) is 19.7 Å². The zero-order valence-corrected chi connectivity index (χ0v) is 16.1. The monoisotopic (exact) mass is 390 g/mol. The van der Waals surface area contributed by atoms with Crippen LogP contribution in [0.25, 0.3) is 0 Å². The van der Waals surface area contributed by atoms with E-state index in [1.54, 1.807) is 44.2 Å². The highest BCUT2D eigenvalue weighted by atomic mass is 16.5. The predicted octanol–water partition coefficient (Wildman–Crippen LogP) is 1.24. The first-order chi connectivity index (χ1) is 13.3. The van der Waals surface area contributed by atoms with Crippen molar-refractivity contribution in [2.45, 2.75) is 51.2 Å². The molecule has 0 aromatic heterocycles. The highest BCUT2D eigenvalue weighted by Gasteiger charge is 2.37. The molecule has 0 spiro atoms. The number of esters is 1. The molecule has 0 radical (unpaired) electrons. The highest BCUT2D eigenvalue weighted by molar-refractivity contribution is 5.99. The minimum Gasteiger partial charge on any atom is -0.480 e. The van der Waals surface area contributed by atoms with Crippen LogP contribution in [0.4, 0.5) is 0 Å². The van der Waals surface area contributed by atoms with Crippen LogP contribution in [-0.2, 0) is 19.1 Å². The summed E-state index contributed by atoms with van der Waals surface area (Å²) < 4.78 is 5.03. The number of aliphatic carboxylic acids is 1. The van der Waals surface area contributed by atoms with Gasteiger partial charge in [0.15, 0.2) is 5.78 Å². The number of carboxylic acid groups (broad SMARTS) is 1. The standard InChI is InChI=1S/C20H26N2O6/c1-3-28-20(27)15(12-17(23)14-8-5-4-6-9-14)21-13(2)18(24)22-11-7-10-16(22)19(25)26/h4-6,8-9,13,15-16,21H,3,7,10-12H2,1-2H3,(H,25,26)/t13?,15-,16-/m0/s1. The van der Waals surface area contributed by atoms with Crippen molar-refractivity contribution in [3.05, 3.63) is 35.9 Å². The summed E-state index contributed by atoms with van der Waals surface area (Å²) in [5.41, 5.74) is 0.461. The molecule has 1 amide bonds. The van der Waals surface area contributed by atoms with Gasteiger partial charge in [0, 0.05) is 18.5 Å². The number of amides is 1. The molecule has 1 aliphatic heterocycles. The maximum Gasteiger partial charge on any atom is 0.326 e. The van der Waals surface area contributed by atoms with E-state index < -0.39 is 36.0 Å². The highest BCUT2D eigenvalue weighted by Crippen LogP contribution is 2.19. The maximum absolute atomic E-state index is 12.7. The van der Waals surface area contributed by atoms with Crippen molar-refractivity contribution in [3.63, 3.8) is 0 Å². The van der Waals surface area contributed by atoms with Gasteiger partial charge in [-0.2, -0.15) is 0 Å². The fraction of sp³-hybridized carbons (Fsp3) is 0.500. The van der Waals surface area contributed by atoms with Gasteiger partial charge in [-0.1, -0.05) is 30.3 Å². The number of rotatable bonds is 9. The van der Waals surface area contributed by atoms with Gasteiger partial charge in [0.1, 0.15) is 12.1 Å². The second-order valence-corrected chi connectivity index (χ2v) is 6.71. The van der Waals surface area contributed by atoms with Crippen LogP contribution in [-0.4, -0.2) is 64.9 Å². The largest absolute Gasteiger partial charge is 0.480 e. The average molecular weight is 390 g/mol. The molecule has 8 heteroatoms. The number of ether oxygens (including phenoxy) is 1. The molecule has 0 aliphatic carbocycles. The number of nitrogens with one attached hydrogen (secondary N) is 1. The third-order valence-electron chi connectivity index (χ3n) is 4.70. The van der Waals surface area contributed by atoms with Gasteiger partial charge >= 0.3 is 11.9 Å². The van der Waals surface area contributed by atoms with Crippen molar-refractivity contribution in [1.29, 1.82) is 0 Å². The number of hydrogen-bond acceptors (Lipinski definition) is 6. The van der Waals surface area contributed by atoms with Gasteiger partial charge in [0.2, 0.25) is 5.91 Å². The van der Waals surface area contributed by atoms with Crippen LogP contribution < -0.4 is 5.32 Å². The lowest BCUT2D eigenvalue weighted by molar-refractivity contribution is -0.150. The van der Waals surface area contributed by atoms with Gasteiger partial charge in [0.05, 0.1) is 12.6 Å². The number of likely N-dealkylation sites (tertiary alicyclic amines) is 1. The van der Waals surface area contributed by atoms with Crippen LogP contribution in [0.15, 0.2) is 30.3 Å². The summed E-state index contributed by atoms with van der Waals surface area (Å²) >= 11 is 0. The van der Waals surface area contributed by atoms with E-state index >= 15 is 0 Å². The molecule has 1 fully saturated rings. The first-order valence-corrected chi connectivity index (χ1v) is 9.39. The Labute approximate surface area is 163 Å². The molecule has 1 heterocycles. The summed E-state index contributed by atoms with van der Waals surface area (Å²) in [6.45, 7) is 3.71. The number of carboxylic acids is 1. The SMILES string of the molecule is CCOC(=O)[C@H](CC(=O)c1ccccc1)NC(C)C(=O)N1CCC[C@H]1C(=O)O. The van der Waals surface area contributed by atoms with E-state index in [0.717, 1.165) is 0 Å². The third kappa shape index (κ3) is 5.39. The lowest BCUT2D eigenvalue weighted by Gasteiger charge is -2.27. The molecule has 1 aromatic rings. The van der Waals surface area contributed by atoms with E-state index in [2.05, 4.69) is 5.32 Å². The molecule has 0 bridgehead atoms. The minimum atomic E-state index is -1.04. The van der Waals surface area contributed by atoms with Crippen molar-refractivity contribution in [2.24, 2.45) is 0 Å². The molecule has 1 aromatic carbocycles. The molecule has 1 aliphatic rings. The third-order valence-corrected chi connectivity index (χ3v) is 4.70. The van der Waals surface area contributed by atoms with Gasteiger partial charge in [-0.05, 0) is 26.7 Å². The van der Waals surface area contributed by atoms with E-state index in [4.69, 9.17) is 4.74 Å². The summed E-state index contributed by atoms with van der Waals surface area (Å²) in [5, 5.41) is 12.1. The normalized spacial score (nSPS) is 18.4. The van der Waals surface area contributed by atoms with Gasteiger partial charge < -0.3 is 14.7 Å². The second kappa shape index (κ2) is 9.98. The Balaban J connectivity index is 2.08. The van der Waals surface area contributed by atoms with Crippen LogP contribution in [0.2, 0.25) is 0 Å². The lowest BCUT2D eigenvalue weighted by Crippen LogP contribution is -2.53. The molecule has 3 atom stereocenters. The molecule has 28 heavy (non-hydrogen) atoms. The molecule has 2 rings (SSSR count). The van der Waals surface area contributed by atoms with Gasteiger partial charge in [-0.15, -0.1) is 0 Å². The number of Topliss-reactive ketones (excluding diaryl/α,β-unsaturated/α-hetero) is 1. The van der Waals surface area contributed by atoms with Crippen molar-refractivity contribution in [2.75, 3.05) is 13.2 Å². The molecule has 2 N–H and O–H groups in total. The molecule has 1 saturated heterocycles. The van der Waals surface area contributed by atoms with Crippen molar-refractivity contribution >= 4 is 23.6 Å². The molecule has 8 nitrogen and oxygen atoms in total. The van der Waals surface area contributed by atoms with E-state index in [-0.39, 0.29) is 18.8 Å². The Morgan fingerprint density at radius 3 is 2.54 bits per heavy atom. The van der Waals surface area contributed by atoms with Crippen molar-refractivity contribution < 1.29 is 29.0 Å². The van der Waals surface area contributed by atoms with Crippen LogP contribution in [0.3, 0.4) is 0 Å². The Hall–Kier alpha value is -2.74. The average Bonchev–Trinajstić information content (AvgIpc) is 3.17. The van der Waals surface area contributed by atoms with Crippen LogP contribution in [0.1, 0.15) is 43.5 Å². The maximum atomic E-state index is 12.7. The van der Waals surface area contributed by atoms with Gasteiger partial charge in [0.25, 0.3) is 0 Å². The molecule has 152 valence electrons. The number of hydrogen-bond donors (Lipinski definition) is 2. The lowest BCUT2D eigenvalue weighted by atomic mass is 10.0. The number of nitrogens with zero attached hydrogens (tertiary/aromatic N) is 1. The second-order valence-electron chi connectivity index (χ2n) is 6.71. The summed E-state index contributed by atoms with van der Waals surface area (Å²) in [5.74, 6) is -2.33. The number of carbonyl (C=O) groups excluding carboxylic acids is 3. The Morgan fingerprint density at radius 2 is 1.93 bits per heavy atom. The Bertz CT molecular complexity index is 721.